The van der Waals surface area contributed by atoms with Crippen LogP contribution < -0.4 is 5.32 Å². The number of hydrogen-bond acceptors (Lipinski definition) is 4. The summed E-state index contributed by atoms with van der Waals surface area (Å²) < 4.78 is 5.64. The van der Waals surface area contributed by atoms with Gasteiger partial charge in [0.1, 0.15) is 23.2 Å². The first kappa shape index (κ1) is 20.2. The van der Waals surface area contributed by atoms with Crippen LogP contribution in [-0.4, -0.2) is 17.0 Å². The van der Waals surface area contributed by atoms with E-state index >= 15 is 0 Å². The molecule has 29 heavy (non-hydrogen) atoms. The first-order valence-corrected chi connectivity index (χ1v) is 8.94. The summed E-state index contributed by atoms with van der Waals surface area (Å²) in [5.74, 6) is -0.912. The van der Waals surface area contributed by atoms with Crippen molar-refractivity contribution in [3.05, 3.63) is 81.5 Å². The maximum atomic E-state index is 12.4. The third kappa shape index (κ3) is 5.05. The molecule has 0 bridgehead atoms. The fraction of sp³-hybridized carbons (Fsp3) is 0. The van der Waals surface area contributed by atoms with Gasteiger partial charge in [-0.1, -0.05) is 35.3 Å². The predicted molar refractivity (Wildman–Crippen MR) is 110 cm³/mol. The first-order valence-electron chi connectivity index (χ1n) is 8.18. The number of nitrogens with zero attached hydrogens (tertiary/aromatic N) is 1. The first-order chi connectivity index (χ1) is 13.9. The summed E-state index contributed by atoms with van der Waals surface area (Å²) in [5.41, 5.74) is 0.992. The number of halogens is 2. The standard InChI is InChI=1S/C21H12Cl2N2O4/c22-15-8-16(23)10-17(9-15)25-20(26)14(11-24)7-18-5-6-19(29-18)12-1-3-13(4-2-12)21(27)28/h1-10H,(H,25,26)(H,27,28)/b14-7+. The molecule has 1 amide bonds. The zero-order chi connectivity index (χ0) is 21.0. The fourth-order valence-electron chi connectivity index (χ4n) is 2.48. The fourth-order valence-corrected chi connectivity index (χ4v) is 3.00. The molecule has 2 aromatic carbocycles. The molecule has 8 heteroatoms. The number of furan rings is 1. The van der Waals surface area contributed by atoms with E-state index < -0.39 is 11.9 Å². The molecule has 1 aromatic heterocycles. The SMILES string of the molecule is N#C/C(=C\c1ccc(-c2ccc(C(=O)O)cc2)o1)C(=O)Nc1cc(Cl)cc(Cl)c1. The van der Waals surface area contributed by atoms with Crippen LogP contribution in [0.15, 0.2) is 64.6 Å². The van der Waals surface area contributed by atoms with Gasteiger partial charge in [-0.25, -0.2) is 4.79 Å². The smallest absolute Gasteiger partial charge is 0.335 e. The molecule has 0 radical (unpaired) electrons. The molecule has 0 unspecified atom stereocenters. The van der Waals surface area contributed by atoms with Crippen LogP contribution in [0.5, 0.6) is 0 Å². The van der Waals surface area contributed by atoms with Crippen molar-refractivity contribution in [2.75, 3.05) is 5.32 Å². The number of carboxylic acids is 1. The van der Waals surface area contributed by atoms with Gasteiger partial charge in [-0.15, -0.1) is 0 Å². The van der Waals surface area contributed by atoms with Gasteiger partial charge in [0.25, 0.3) is 5.91 Å². The third-order valence-corrected chi connectivity index (χ3v) is 4.25. The number of benzene rings is 2. The highest BCUT2D eigenvalue weighted by Crippen LogP contribution is 2.25. The van der Waals surface area contributed by atoms with Gasteiger partial charge in [0.2, 0.25) is 0 Å². The minimum Gasteiger partial charge on any atom is -0.478 e. The summed E-state index contributed by atoms with van der Waals surface area (Å²) in [6.45, 7) is 0. The maximum absolute atomic E-state index is 12.4. The molecule has 0 fully saturated rings. The largest absolute Gasteiger partial charge is 0.478 e. The monoisotopic (exact) mass is 426 g/mol. The number of nitriles is 1. The number of amides is 1. The molecule has 0 saturated carbocycles. The van der Waals surface area contributed by atoms with Gasteiger partial charge >= 0.3 is 5.97 Å². The van der Waals surface area contributed by atoms with E-state index in [0.29, 0.717) is 27.1 Å². The number of hydrogen-bond donors (Lipinski definition) is 2. The Morgan fingerprint density at radius 1 is 1.03 bits per heavy atom. The van der Waals surface area contributed by atoms with E-state index in [1.807, 2.05) is 6.07 Å². The second-order valence-corrected chi connectivity index (χ2v) is 6.74. The van der Waals surface area contributed by atoms with Crippen LogP contribution in [0, 0.1) is 11.3 Å². The molecule has 0 aliphatic rings. The molecule has 2 N–H and O–H groups in total. The van der Waals surface area contributed by atoms with Crippen LogP contribution in [0.3, 0.4) is 0 Å². The van der Waals surface area contributed by atoms with Gasteiger partial charge in [-0.05, 0) is 42.5 Å². The Labute approximate surface area is 175 Å². The number of aromatic carboxylic acids is 1. The molecule has 0 spiro atoms. The van der Waals surface area contributed by atoms with Crippen LogP contribution >= 0.6 is 23.2 Å². The van der Waals surface area contributed by atoms with Crippen molar-refractivity contribution in [3.63, 3.8) is 0 Å². The summed E-state index contributed by atoms with van der Waals surface area (Å²) in [5, 5.41) is 21.5. The van der Waals surface area contributed by atoms with Crippen molar-refractivity contribution >= 4 is 46.8 Å². The van der Waals surface area contributed by atoms with Crippen molar-refractivity contribution < 1.29 is 19.1 Å². The quantitative estimate of drug-likeness (QED) is 0.414. The Morgan fingerprint density at radius 2 is 1.69 bits per heavy atom. The average Bonchev–Trinajstić information content (AvgIpc) is 3.14. The second-order valence-electron chi connectivity index (χ2n) is 5.87. The van der Waals surface area contributed by atoms with Crippen LogP contribution in [0.25, 0.3) is 17.4 Å². The number of rotatable bonds is 5. The Kier molecular flexibility index (Phi) is 6.03. The summed E-state index contributed by atoms with van der Waals surface area (Å²) >= 11 is 11.8. The van der Waals surface area contributed by atoms with Crippen LogP contribution in [0.2, 0.25) is 10.0 Å². The van der Waals surface area contributed by atoms with E-state index in [-0.39, 0.29) is 16.9 Å². The number of anilines is 1. The molecule has 3 rings (SSSR count). The number of carbonyl (C=O) groups excluding carboxylic acids is 1. The second kappa shape index (κ2) is 8.65. The minimum absolute atomic E-state index is 0.157. The lowest BCUT2D eigenvalue weighted by Crippen LogP contribution is -2.13. The molecule has 3 aromatic rings. The minimum atomic E-state index is -1.02. The van der Waals surface area contributed by atoms with Gasteiger partial charge < -0.3 is 14.8 Å². The normalized spacial score (nSPS) is 11.0. The van der Waals surface area contributed by atoms with Gasteiger partial charge in [0, 0.05) is 27.4 Å². The van der Waals surface area contributed by atoms with Crippen molar-refractivity contribution in [2.45, 2.75) is 0 Å². The predicted octanol–water partition coefficient (Wildman–Crippen LogP) is 5.50. The van der Waals surface area contributed by atoms with Gasteiger partial charge in [-0.3, -0.25) is 4.79 Å². The Balaban J connectivity index is 1.80. The molecule has 1 heterocycles. The number of carboxylic acid groups (broad SMARTS) is 1. The van der Waals surface area contributed by atoms with E-state index in [0.717, 1.165) is 0 Å². The van der Waals surface area contributed by atoms with Crippen LogP contribution in [-0.2, 0) is 4.79 Å². The summed E-state index contributed by atoms with van der Waals surface area (Å²) in [6, 6.07) is 15.7. The molecule has 0 aliphatic heterocycles. The van der Waals surface area contributed by atoms with Gasteiger partial charge in [-0.2, -0.15) is 5.26 Å². The van der Waals surface area contributed by atoms with Crippen molar-refractivity contribution in [2.24, 2.45) is 0 Å². The molecule has 0 aliphatic carbocycles. The molecular formula is C21H12Cl2N2O4. The lowest BCUT2D eigenvalue weighted by molar-refractivity contribution is -0.112. The number of carbonyl (C=O) groups is 2. The van der Waals surface area contributed by atoms with Crippen molar-refractivity contribution in [3.8, 4) is 17.4 Å². The zero-order valence-corrected chi connectivity index (χ0v) is 16.2. The Hall–Kier alpha value is -3.53. The Morgan fingerprint density at radius 3 is 2.28 bits per heavy atom. The number of nitrogens with one attached hydrogen (secondary N) is 1. The lowest BCUT2D eigenvalue weighted by Gasteiger charge is -2.05. The highest BCUT2D eigenvalue weighted by Gasteiger charge is 2.13. The Bertz CT molecular complexity index is 1140. The van der Waals surface area contributed by atoms with E-state index in [9.17, 15) is 14.9 Å². The highest BCUT2D eigenvalue weighted by molar-refractivity contribution is 6.35. The van der Waals surface area contributed by atoms with E-state index in [4.69, 9.17) is 32.7 Å². The molecule has 144 valence electrons. The third-order valence-electron chi connectivity index (χ3n) is 3.82. The summed E-state index contributed by atoms with van der Waals surface area (Å²) in [6.07, 6.45) is 1.30. The lowest BCUT2D eigenvalue weighted by atomic mass is 10.1. The molecule has 0 atom stereocenters. The van der Waals surface area contributed by atoms with Crippen molar-refractivity contribution in [1.82, 2.24) is 0 Å². The van der Waals surface area contributed by atoms with Crippen molar-refractivity contribution in [1.29, 1.82) is 5.26 Å². The molecule has 0 saturated heterocycles. The van der Waals surface area contributed by atoms with Crippen LogP contribution in [0.1, 0.15) is 16.1 Å². The van der Waals surface area contributed by atoms with E-state index in [2.05, 4.69) is 5.32 Å². The molecule has 6 nitrogen and oxygen atoms in total. The zero-order valence-electron chi connectivity index (χ0n) is 14.6. The van der Waals surface area contributed by atoms with Crippen LogP contribution in [0.4, 0.5) is 5.69 Å². The van der Waals surface area contributed by atoms with E-state index in [1.54, 1.807) is 24.3 Å². The van der Waals surface area contributed by atoms with Gasteiger partial charge in [0.05, 0.1) is 5.56 Å². The highest BCUT2D eigenvalue weighted by atomic mass is 35.5. The average molecular weight is 427 g/mol. The summed E-state index contributed by atoms with van der Waals surface area (Å²) in [7, 11) is 0. The summed E-state index contributed by atoms with van der Waals surface area (Å²) in [4.78, 5) is 23.3. The molecular weight excluding hydrogens is 415 g/mol. The topological polar surface area (TPSA) is 103 Å². The maximum Gasteiger partial charge on any atom is 0.335 e. The van der Waals surface area contributed by atoms with Gasteiger partial charge in [0.15, 0.2) is 0 Å². The van der Waals surface area contributed by atoms with E-state index in [1.165, 1.54) is 36.4 Å².